The summed E-state index contributed by atoms with van der Waals surface area (Å²) >= 11 is 1.36. The van der Waals surface area contributed by atoms with Crippen molar-refractivity contribution >= 4 is 34.6 Å². The number of likely N-dealkylation sites (N-methyl/N-ethyl adjacent to an activating group) is 1. The summed E-state index contributed by atoms with van der Waals surface area (Å²) in [6.07, 6.45) is 1.82. The van der Waals surface area contributed by atoms with Crippen molar-refractivity contribution in [2.75, 3.05) is 20.8 Å². The third-order valence-electron chi connectivity index (χ3n) is 3.91. The van der Waals surface area contributed by atoms with Gasteiger partial charge in [-0.3, -0.25) is 9.69 Å². The van der Waals surface area contributed by atoms with Crippen molar-refractivity contribution in [3.63, 3.8) is 0 Å². The first-order valence-corrected chi connectivity index (χ1v) is 9.05. The lowest BCUT2D eigenvalue weighted by Crippen LogP contribution is -2.28. The van der Waals surface area contributed by atoms with Gasteiger partial charge in [0.2, 0.25) is 0 Å². The Hall–Kier alpha value is -2.73. The van der Waals surface area contributed by atoms with Crippen LogP contribution in [0.2, 0.25) is 0 Å². The number of thioether (sulfide) groups is 1. The topological polar surface area (TPSA) is 51.1 Å². The van der Waals surface area contributed by atoms with E-state index in [-0.39, 0.29) is 5.91 Å². The number of rotatable bonds is 5. The van der Waals surface area contributed by atoms with E-state index in [0.717, 1.165) is 11.3 Å². The van der Waals surface area contributed by atoms with Crippen molar-refractivity contribution in [3.05, 3.63) is 59.0 Å². The second-order valence-electron chi connectivity index (χ2n) is 5.50. The third kappa shape index (κ3) is 3.75. The van der Waals surface area contributed by atoms with Crippen LogP contribution < -0.4 is 9.47 Å². The molecular weight excluding hydrogens is 348 g/mol. The molecule has 1 aliphatic heterocycles. The maximum atomic E-state index is 12.8. The van der Waals surface area contributed by atoms with Gasteiger partial charge >= 0.3 is 0 Å². The quantitative estimate of drug-likeness (QED) is 0.737. The molecule has 2 aromatic carbocycles. The van der Waals surface area contributed by atoms with E-state index < -0.39 is 0 Å². The summed E-state index contributed by atoms with van der Waals surface area (Å²) in [6.45, 7) is 2.50. The fourth-order valence-electron chi connectivity index (χ4n) is 2.58. The Kier molecular flexibility index (Phi) is 5.63. The van der Waals surface area contributed by atoms with E-state index in [9.17, 15) is 4.79 Å². The van der Waals surface area contributed by atoms with Crippen LogP contribution in [0, 0.1) is 0 Å². The van der Waals surface area contributed by atoms with Gasteiger partial charge in [0.05, 0.1) is 24.8 Å². The molecule has 1 saturated heterocycles. The number of methoxy groups -OCH3 is 2. The summed E-state index contributed by atoms with van der Waals surface area (Å²) in [6, 6.07) is 15.1. The van der Waals surface area contributed by atoms with Crippen LogP contribution >= 0.6 is 11.8 Å². The standard InChI is InChI=1S/C20H20N2O3S/c1-4-22-19(23)18(26-20(22)21-15-8-6-5-7-9-15)13-14-12-16(24-2)10-11-17(14)25-3/h5-13H,4H2,1-3H3/b18-13-,21-20?. The zero-order chi connectivity index (χ0) is 18.5. The molecule has 0 aromatic heterocycles. The maximum Gasteiger partial charge on any atom is 0.266 e. The molecule has 3 rings (SSSR count). The van der Waals surface area contributed by atoms with E-state index in [1.54, 1.807) is 19.1 Å². The number of ether oxygens (including phenoxy) is 2. The predicted octanol–water partition coefficient (Wildman–Crippen LogP) is 4.33. The Morgan fingerprint density at radius 2 is 1.88 bits per heavy atom. The number of hydrogen-bond acceptors (Lipinski definition) is 5. The van der Waals surface area contributed by atoms with Crippen LogP contribution in [-0.2, 0) is 4.79 Å². The van der Waals surface area contributed by atoms with Gasteiger partial charge in [0.25, 0.3) is 5.91 Å². The van der Waals surface area contributed by atoms with Crippen molar-refractivity contribution in [1.82, 2.24) is 4.90 Å². The Balaban J connectivity index is 1.98. The van der Waals surface area contributed by atoms with Crippen LogP contribution in [0.1, 0.15) is 12.5 Å². The zero-order valence-corrected chi connectivity index (χ0v) is 15.7. The van der Waals surface area contributed by atoms with Crippen LogP contribution in [0.4, 0.5) is 5.69 Å². The Bertz CT molecular complexity index is 863. The van der Waals surface area contributed by atoms with E-state index in [4.69, 9.17) is 9.47 Å². The van der Waals surface area contributed by atoms with Gasteiger partial charge in [-0.15, -0.1) is 0 Å². The molecule has 0 saturated carbocycles. The van der Waals surface area contributed by atoms with Gasteiger partial charge in [0.1, 0.15) is 11.5 Å². The molecule has 134 valence electrons. The largest absolute Gasteiger partial charge is 0.497 e. The summed E-state index contributed by atoms with van der Waals surface area (Å²) in [4.78, 5) is 19.7. The second kappa shape index (κ2) is 8.10. The van der Waals surface area contributed by atoms with Crippen LogP contribution in [0.25, 0.3) is 6.08 Å². The number of carbonyl (C=O) groups is 1. The first-order valence-electron chi connectivity index (χ1n) is 8.23. The Morgan fingerprint density at radius 1 is 1.12 bits per heavy atom. The van der Waals surface area contributed by atoms with Gasteiger partial charge in [-0.25, -0.2) is 4.99 Å². The van der Waals surface area contributed by atoms with E-state index in [0.29, 0.717) is 28.1 Å². The molecule has 0 radical (unpaired) electrons. The van der Waals surface area contributed by atoms with Crippen LogP contribution in [0.15, 0.2) is 58.4 Å². The van der Waals surface area contributed by atoms with Crippen molar-refractivity contribution in [2.45, 2.75) is 6.92 Å². The minimum atomic E-state index is -0.0583. The molecule has 0 aliphatic carbocycles. The number of aliphatic imine (C=N–C) groups is 1. The highest BCUT2D eigenvalue weighted by atomic mass is 32.2. The molecule has 0 bridgehead atoms. The number of benzene rings is 2. The normalized spacial score (nSPS) is 17.2. The van der Waals surface area contributed by atoms with Crippen molar-refractivity contribution in [1.29, 1.82) is 0 Å². The lowest BCUT2D eigenvalue weighted by molar-refractivity contribution is -0.122. The van der Waals surface area contributed by atoms with Gasteiger partial charge in [0, 0.05) is 12.1 Å². The van der Waals surface area contributed by atoms with E-state index in [2.05, 4.69) is 4.99 Å². The molecule has 26 heavy (non-hydrogen) atoms. The van der Waals surface area contributed by atoms with Gasteiger partial charge < -0.3 is 9.47 Å². The number of nitrogens with zero attached hydrogens (tertiary/aromatic N) is 2. The van der Waals surface area contributed by atoms with Gasteiger partial charge in [0.15, 0.2) is 5.17 Å². The smallest absolute Gasteiger partial charge is 0.266 e. The molecular formula is C20H20N2O3S. The minimum Gasteiger partial charge on any atom is -0.497 e. The molecule has 0 atom stereocenters. The highest BCUT2D eigenvalue weighted by Crippen LogP contribution is 2.36. The van der Waals surface area contributed by atoms with E-state index in [1.807, 2.05) is 61.5 Å². The van der Waals surface area contributed by atoms with Crippen LogP contribution in [0.5, 0.6) is 11.5 Å². The molecule has 1 fully saturated rings. The average Bonchev–Trinajstić information content (AvgIpc) is 2.96. The zero-order valence-electron chi connectivity index (χ0n) is 14.9. The van der Waals surface area contributed by atoms with Crippen molar-refractivity contribution in [3.8, 4) is 11.5 Å². The molecule has 2 aromatic rings. The monoisotopic (exact) mass is 368 g/mol. The van der Waals surface area contributed by atoms with Gasteiger partial charge in [-0.05, 0) is 55.1 Å². The SMILES string of the molecule is CCN1C(=O)/C(=C/c2cc(OC)ccc2OC)SC1=Nc1ccccc1. The van der Waals surface area contributed by atoms with Crippen LogP contribution in [-0.4, -0.2) is 36.7 Å². The highest BCUT2D eigenvalue weighted by Gasteiger charge is 2.32. The summed E-state index contributed by atoms with van der Waals surface area (Å²) < 4.78 is 10.7. The number of hydrogen-bond donors (Lipinski definition) is 0. The van der Waals surface area contributed by atoms with Gasteiger partial charge in [-0.2, -0.15) is 0 Å². The first-order chi connectivity index (χ1) is 12.7. The summed E-state index contributed by atoms with van der Waals surface area (Å²) in [5.74, 6) is 1.33. The molecule has 6 heteroatoms. The van der Waals surface area contributed by atoms with E-state index >= 15 is 0 Å². The lowest BCUT2D eigenvalue weighted by Gasteiger charge is -2.12. The summed E-state index contributed by atoms with van der Waals surface area (Å²) in [5.41, 5.74) is 1.61. The van der Waals surface area contributed by atoms with Crippen molar-refractivity contribution in [2.24, 2.45) is 4.99 Å². The van der Waals surface area contributed by atoms with Crippen molar-refractivity contribution < 1.29 is 14.3 Å². The van der Waals surface area contributed by atoms with Gasteiger partial charge in [-0.1, -0.05) is 18.2 Å². The Morgan fingerprint density at radius 3 is 2.54 bits per heavy atom. The fraction of sp³-hybridized carbons (Fsp3) is 0.200. The summed E-state index contributed by atoms with van der Waals surface area (Å²) in [5, 5.41) is 0.678. The maximum absolute atomic E-state index is 12.8. The molecule has 1 heterocycles. The fourth-order valence-corrected chi connectivity index (χ4v) is 3.63. The number of amidine groups is 1. The molecule has 1 amide bonds. The lowest BCUT2D eigenvalue weighted by atomic mass is 10.1. The molecule has 5 nitrogen and oxygen atoms in total. The molecule has 0 spiro atoms. The molecule has 0 unspecified atom stereocenters. The number of para-hydroxylation sites is 1. The molecule has 1 aliphatic rings. The molecule has 0 N–H and O–H groups in total. The van der Waals surface area contributed by atoms with E-state index in [1.165, 1.54) is 11.8 Å². The minimum absolute atomic E-state index is 0.0583. The summed E-state index contributed by atoms with van der Waals surface area (Å²) in [7, 11) is 3.21. The number of amides is 1. The Labute approximate surface area is 157 Å². The predicted molar refractivity (Wildman–Crippen MR) is 106 cm³/mol. The number of carbonyl (C=O) groups excluding carboxylic acids is 1. The first kappa shape index (κ1) is 18.1. The third-order valence-corrected chi connectivity index (χ3v) is 4.92. The van der Waals surface area contributed by atoms with Crippen LogP contribution in [0.3, 0.4) is 0 Å². The highest BCUT2D eigenvalue weighted by molar-refractivity contribution is 8.18. The second-order valence-corrected chi connectivity index (χ2v) is 6.51. The average molecular weight is 368 g/mol.